The molecule has 2 aliphatic rings. The van der Waals surface area contributed by atoms with E-state index in [1.54, 1.807) is 23.1 Å². The van der Waals surface area contributed by atoms with Crippen LogP contribution >= 0.6 is 11.6 Å². The maximum atomic E-state index is 12.0. The number of carbonyl (C=O) groups excluding carboxylic acids is 4. The summed E-state index contributed by atoms with van der Waals surface area (Å²) >= 11 is 6.23. The standard InChI is InChI=1S/C17H18ClN3O4/c18-12-10-11(3-4-13(12)20-8-1-2-15(20)23)19-14(22)7-9-21-16(24)5-6-17(21)25/h3-4,10H,1-2,5-9H2,(H,19,22). The molecule has 1 aromatic rings. The van der Waals surface area contributed by atoms with Gasteiger partial charge in [0.05, 0.1) is 10.7 Å². The Balaban J connectivity index is 1.58. The van der Waals surface area contributed by atoms with Crippen molar-refractivity contribution in [3.63, 3.8) is 0 Å². The first kappa shape index (κ1) is 17.4. The van der Waals surface area contributed by atoms with Gasteiger partial charge in [-0.2, -0.15) is 0 Å². The Hall–Kier alpha value is -2.41. The van der Waals surface area contributed by atoms with E-state index in [-0.39, 0.29) is 49.4 Å². The topological polar surface area (TPSA) is 86.8 Å². The predicted molar refractivity (Wildman–Crippen MR) is 92.2 cm³/mol. The molecule has 0 bridgehead atoms. The molecule has 4 amide bonds. The van der Waals surface area contributed by atoms with Crippen LogP contribution in [0.25, 0.3) is 0 Å². The van der Waals surface area contributed by atoms with Gasteiger partial charge in [-0.25, -0.2) is 0 Å². The van der Waals surface area contributed by atoms with E-state index in [0.29, 0.717) is 29.4 Å². The van der Waals surface area contributed by atoms with Gasteiger partial charge in [-0.1, -0.05) is 11.6 Å². The molecule has 25 heavy (non-hydrogen) atoms. The van der Waals surface area contributed by atoms with Crippen molar-refractivity contribution in [1.29, 1.82) is 0 Å². The van der Waals surface area contributed by atoms with Gasteiger partial charge in [0.15, 0.2) is 0 Å². The molecule has 0 spiro atoms. The summed E-state index contributed by atoms with van der Waals surface area (Å²) in [6, 6.07) is 4.97. The van der Waals surface area contributed by atoms with Crippen LogP contribution in [0, 0.1) is 0 Å². The number of likely N-dealkylation sites (tertiary alicyclic amines) is 1. The number of rotatable bonds is 5. The Morgan fingerprint density at radius 1 is 1.08 bits per heavy atom. The van der Waals surface area contributed by atoms with Crippen LogP contribution in [0.15, 0.2) is 18.2 Å². The zero-order chi connectivity index (χ0) is 18.0. The Morgan fingerprint density at radius 3 is 2.40 bits per heavy atom. The highest BCUT2D eigenvalue weighted by atomic mass is 35.5. The Labute approximate surface area is 149 Å². The fraction of sp³-hybridized carbons (Fsp3) is 0.412. The van der Waals surface area contributed by atoms with Crippen LogP contribution in [0.2, 0.25) is 5.02 Å². The molecular weight excluding hydrogens is 346 g/mol. The van der Waals surface area contributed by atoms with Crippen molar-refractivity contribution in [3.8, 4) is 0 Å². The lowest BCUT2D eigenvalue weighted by Crippen LogP contribution is -2.32. The fourth-order valence-electron chi connectivity index (χ4n) is 3.02. The molecule has 2 fully saturated rings. The molecular formula is C17H18ClN3O4. The minimum atomic E-state index is -0.312. The first-order chi connectivity index (χ1) is 12.0. The average molecular weight is 364 g/mol. The molecule has 1 N–H and O–H groups in total. The summed E-state index contributed by atoms with van der Waals surface area (Å²) in [5, 5.41) is 3.08. The summed E-state index contributed by atoms with van der Waals surface area (Å²) in [6.45, 7) is 0.722. The minimum absolute atomic E-state index is 0.0292. The molecule has 0 radical (unpaired) electrons. The van der Waals surface area contributed by atoms with Crippen LogP contribution in [0.1, 0.15) is 32.1 Å². The number of hydrogen-bond donors (Lipinski definition) is 1. The van der Waals surface area contributed by atoms with E-state index in [4.69, 9.17) is 11.6 Å². The highest BCUT2D eigenvalue weighted by Gasteiger charge is 2.29. The summed E-state index contributed by atoms with van der Waals surface area (Å²) in [7, 11) is 0. The molecule has 1 aromatic carbocycles. The smallest absolute Gasteiger partial charge is 0.229 e. The van der Waals surface area contributed by atoms with Crippen LogP contribution < -0.4 is 10.2 Å². The van der Waals surface area contributed by atoms with Gasteiger partial charge in [0, 0.05) is 44.5 Å². The number of anilines is 2. The molecule has 2 aliphatic heterocycles. The van der Waals surface area contributed by atoms with E-state index in [9.17, 15) is 19.2 Å². The predicted octanol–water partition coefficient (Wildman–Crippen LogP) is 1.94. The van der Waals surface area contributed by atoms with E-state index in [2.05, 4.69) is 5.32 Å². The second-order valence-corrected chi connectivity index (χ2v) is 6.46. The fourth-order valence-corrected chi connectivity index (χ4v) is 3.30. The summed E-state index contributed by atoms with van der Waals surface area (Å²) in [4.78, 5) is 49.6. The maximum absolute atomic E-state index is 12.0. The lowest BCUT2D eigenvalue weighted by Gasteiger charge is -2.18. The van der Waals surface area contributed by atoms with Crippen LogP contribution in [0.5, 0.6) is 0 Å². The third kappa shape index (κ3) is 3.82. The molecule has 7 nitrogen and oxygen atoms in total. The first-order valence-corrected chi connectivity index (χ1v) is 8.56. The Morgan fingerprint density at radius 2 is 1.80 bits per heavy atom. The van der Waals surface area contributed by atoms with Gasteiger partial charge in [0.25, 0.3) is 0 Å². The van der Waals surface area contributed by atoms with Crippen molar-refractivity contribution >= 4 is 46.6 Å². The molecule has 8 heteroatoms. The molecule has 2 saturated heterocycles. The highest BCUT2D eigenvalue weighted by molar-refractivity contribution is 6.34. The van der Waals surface area contributed by atoms with Crippen molar-refractivity contribution in [2.45, 2.75) is 32.1 Å². The molecule has 3 rings (SSSR count). The van der Waals surface area contributed by atoms with Gasteiger partial charge in [-0.05, 0) is 24.6 Å². The number of hydrogen-bond acceptors (Lipinski definition) is 4. The first-order valence-electron chi connectivity index (χ1n) is 8.18. The van der Waals surface area contributed by atoms with E-state index in [0.717, 1.165) is 11.3 Å². The Kier molecular flexibility index (Phi) is 5.03. The van der Waals surface area contributed by atoms with Gasteiger partial charge >= 0.3 is 0 Å². The largest absolute Gasteiger partial charge is 0.326 e. The second kappa shape index (κ2) is 7.23. The van der Waals surface area contributed by atoms with Gasteiger partial charge in [0.1, 0.15) is 0 Å². The molecule has 132 valence electrons. The molecule has 0 aromatic heterocycles. The van der Waals surface area contributed by atoms with Crippen molar-refractivity contribution in [3.05, 3.63) is 23.2 Å². The molecule has 2 heterocycles. The number of halogens is 1. The normalized spacial score (nSPS) is 17.6. The van der Waals surface area contributed by atoms with E-state index in [1.807, 2.05) is 0 Å². The summed E-state index contributed by atoms with van der Waals surface area (Å²) in [5.41, 5.74) is 1.14. The summed E-state index contributed by atoms with van der Waals surface area (Å²) in [5.74, 6) is -0.742. The molecule has 0 unspecified atom stereocenters. The SMILES string of the molecule is O=C(CCN1C(=O)CCC1=O)Nc1ccc(N2CCCC2=O)c(Cl)c1. The van der Waals surface area contributed by atoms with Crippen LogP contribution in [0.4, 0.5) is 11.4 Å². The number of nitrogens with one attached hydrogen (secondary N) is 1. The summed E-state index contributed by atoms with van der Waals surface area (Å²) in [6.07, 6.45) is 1.78. The number of carbonyl (C=O) groups is 4. The van der Waals surface area contributed by atoms with Crippen molar-refractivity contribution in [2.75, 3.05) is 23.3 Å². The lowest BCUT2D eigenvalue weighted by molar-refractivity contribution is -0.138. The van der Waals surface area contributed by atoms with Crippen molar-refractivity contribution < 1.29 is 19.2 Å². The quantitative estimate of drug-likeness (QED) is 0.810. The number of nitrogens with zero attached hydrogens (tertiary/aromatic N) is 2. The highest BCUT2D eigenvalue weighted by Crippen LogP contribution is 2.31. The monoisotopic (exact) mass is 363 g/mol. The zero-order valence-electron chi connectivity index (χ0n) is 13.6. The third-order valence-corrected chi connectivity index (χ3v) is 4.62. The zero-order valence-corrected chi connectivity index (χ0v) is 14.3. The van der Waals surface area contributed by atoms with E-state index < -0.39 is 0 Å². The minimum Gasteiger partial charge on any atom is -0.326 e. The van der Waals surface area contributed by atoms with E-state index >= 15 is 0 Å². The van der Waals surface area contributed by atoms with Crippen molar-refractivity contribution in [1.82, 2.24) is 4.90 Å². The Bertz CT molecular complexity index is 733. The van der Waals surface area contributed by atoms with Crippen LogP contribution in [0.3, 0.4) is 0 Å². The summed E-state index contributed by atoms with van der Waals surface area (Å²) < 4.78 is 0. The second-order valence-electron chi connectivity index (χ2n) is 6.05. The van der Waals surface area contributed by atoms with Gasteiger partial charge in [0.2, 0.25) is 23.6 Å². The van der Waals surface area contributed by atoms with Crippen molar-refractivity contribution in [2.24, 2.45) is 0 Å². The van der Waals surface area contributed by atoms with E-state index in [1.165, 1.54) is 0 Å². The van der Waals surface area contributed by atoms with Gasteiger partial charge in [-0.15, -0.1) is 0 Å². The van der Waals surface area contributed by atoms with Crippen LogP contribution in [-0.2, 0) is 19.2 Å². The number of imide groups is 1. The lowest BCUT2D eigenvalue weighted by atomic mass is 10.2. The van der Waals surface area contributed by atoms with Crippen LogP contribution in [-0.4, -0.2) is 41.6 Å². The molecule has 0 saturated carbocycles. The maximum Gasteiger partial charge on any atom is 0.229 e. The molecule has 0 atom stereocenters. The molecule has 0 aliphatic carbocycles. The number of amides is 4. The van der Waals surface area contributed by atoms with Gasteiger partial charge < -0.3 is 10.2 Å². The third-order valence-electron chi connectivity index (χ3n) is 4.31. The number of benzene rings is 1. The average Bonchev–Trinajstić information content (AvgIpc) is 3.12. The van der Waals surface area contributed by atoms with Gasteiger partial charge in [-0.3, -0.25) is 24.1 Å².